The van der Waals surface area contributed by atoms with Gasteiger partial charge in [-0.2, -0.15) is 0 Å². The summed E-state index contributed by atoms with van der Waals surface area (Å²) in [6.45, 7) is 0.165. The fraction of sp³-hybridized carbons (Fsp3) is 0.207. The van der Waals surface area contributed by atoms with Crippen LogP contribution < -0.4 is 19.1 Å². The average Bonchev–Trinajstić information content (AvgIpc) is 2.89. The van der Waals surface area contributed by atoms with E-state index >= 15 is 0 Å². The van der Waals surface area contributed by atoms with Crippen molar-refractivity contribution in [2.75, 3.05) is 26.2 Å². The highest BCUT2D eigenvalue weighted by Gasteiger charge is 2.35. The van der Waals surface area contributed by atoms with E-state index < -0.39 is 0 Å². The molecule has 5 nitrogen and oxygen atoms in total. The molecule has 5 rings (SSSR count). The van der Waals surface area contributed by atoms with Crippen molar-refractivity contribution in [3.05, 3.63) is 95.3 Å². The summed E-state index contributed by atoms with van der Waals surface area (Å²) in [6, 6.07) is 22.4. The molecular weight excluding hydrogens is 445 g/mol. The monoisotopic (exact) mass is 471 g/mol. The molecule has 1 heterocycles. The Kier molecular flexibility index (Phi) is 6.03. The lowest BCUT2D eigenvalue weighted by atomic mass is 9.81. The lowest BCUT2D eigenvalue weighted by Gasteiger charge is -2.35. The second-order valence-electron chi connectivity index (χ2n) is 8.51. The lowest BCUT2D eigenvalue weighted by Crippen LogP contribution is -2.36. The number of hydrogen-bond donors (Lipinski definition) is 0. The normalized spacial score (nSPS) is 15.1. The van der Waals surface area contributed by atoms with E-state index in [0.29, 0.717) is 22.8 Å². The fourth-order valence-electron chi connectivity index (χ4n) is 4.96. The number of carbonyl (C=O) groups is 1. The topological polar surface area (TPSA) is 48.0 Å². The van der Waals surface area contributed by atoms with Gasteiger partial charge in [0.15, 0.2) is 11.5 Å². The second-order valence-corrected chi connectivity index (χ2v) is 8.51. The van der Waals surface area contributed by atoms with Gasteiger partial charge in [0, 0.05) is 23.6 Å². The van der Waals surface area contributed by atoms with E-state index in [0.717, 1.165) is 27.6 Å². The van der Waals surface area contributed by atoms with Crippen molar-refractivity contribution in [3.8, 4) is 17.2 Å². The van der Waals surface area contributed by atoms with Crippen molar-refractivity contribution in [1.82, 2.24) is 0 Å². The van der Waals surface area contributed by atoms with Gasteiger partial charge < -0.3 is 19.1 Å². The molecular formula is C29H26FNO4. The highest BCUT2D eigenvalue weighted by atomic mass is 19.1. The summed E-state index contributed by atoms with van der Waals surface area (Å²) in [5.74, 6) is 0.924. The molecule has 178 valence electrons. The van der Waals surface area contributed by atoms with Gasteiger partial charge in [0.05, 0.1) is 27.9 Å². The number of nitrogens with zero attached hydrogens (tertiary/aromatic N) is 1. The van der Waals surface area contributed by atoms with E-state index in [2.05, 4.69) is 12.1 Å². The van der Waals surface area contributed by atoms with E-state index in [1.165, 1.54) is 6.07 Å². The van der Waals surface area contributed by atoms with Crippen molar-refractivity contribution in [1.29, 1.82) is 0 Å². The van der Waals surface area contributed by atoms with E-state index in [-0.39, 0.29) is 30.6 Å². The molecule has 0 spiro atoms. The summed E-state index contributed by atoms with van der Waals surface area (Å²) >= 11 is 0. The first kappa shape index (κ1) is 22.7. The van der Waals surface area contributed by atoms with Gasteiger partial charge in [0.25, 0.3) is 0 Å². The van der Waals surface area contributed by atoms with E-state index in [9.17, 15) is 9.18 Å². The zero-order chi connectivity index (χ0) is 24.5. The molecule has 0 aliphatic carbocycles. The first-order valence-electron chi connectivity index (χ1n) is 11.4. The Hall–Kier alpha value is -4.06. The molecule has 4 aromatic carbocycles. The van der Waals surface area contributed by atoms with Crippen molar-refractivity contribution in [2.24, 2.45) is 0 Å². The largest absolute Gasteiger partial charge is 0.493 e. The van der Waals surface area contributed by atoms with Crippen molar-refractivity contribution >= 4 is 22.4 Å². The predicted octanol–water partition coefficient (Wildman–Crippen LogP) is 6.07. The number of ether oxygens (including phenoxy) is 3. The number of hydrogen-bond acceptors (Lipinski definition) is 4. The molecule has 6 heteroatoms. The lowest BCUT2D eigenvalue weighted by molar-refractivity contribution is -0.119. The summed E-state index contributed by atoms with van der Waals surface area (Å²) in [5, 5.41) is 2.12. The van der Waals surface area contributed by atoms with Crippen LogP contribution in [0.5, 0.6) is 17.2 Å². The number of fused-ring (bicyclic) bond motifs is 3. The van der Waals surface area contributed by atoms with Crippen molar-refractivity contribution in [3.63, 3.8) is 0 Å². The van der Waals surface area contributed by atoms with Crippen LogP contribution in [0.1, 0.15) is 29.0 Å². The third-order valence-corrected chi connectivity index (χ3v) is 6.64. The van der Waals surface area contributed by atoms with Crippen LogP contribution in [-0.4, -0.2) is 27.2 Å². The van der Waals surface area contributed by atoms with Crippen LogP contribution in [0.15, 0.2) is 72.8 Å². The van der Waals surface area contributed by atoms with Crippen LogP contribution in [0.25, 0.3) is 10.8 Å². The SMILES string of the molecule is COc1cc(C2CC(=O)N(Cc3ccccc3F)c3ccc4ccccc4c32)cc(OC)c1OC. The molecule has 1 amide bonds. The van der Waals surface area contributed by atoms with Gasteiger partial charge in [-0.25, -0.2) is 4.39 Å². The predicted molar refractivity (Wildman–Crippen MR) is 134 cm³/mol. The number of rotatable bonds is 6. The molecule has 0 N–H and O–H groups in total. The third kappa shape index (κ3) is 3.95. The maximum Gasteiger partial charge on any atom is 0.228 e. The van der Waals surface area contributed by atoms with Gasteiger partial charge >= 0.3 is 0 Å². The first-order chi connectivity index (χ1) is 17.0. The number of halogens is 1. The number of carbonyl (C=O) groups excluding carboxylic acids is 1. The molecule has 0 saturated carbocycles. The number of methoxy groups -OCH3 is 3. The number of benzene rings is 4. The van der Waals surface area contributed by atoms with Crippen LogP contribution in [-0.2, 0) is 11.3 Å². The first-order valence-corrected chi connectivity index (χ1v) is 11.4. The van der Waals surface area contributed by atoms with Crippen LogP contribution >= 0.6 is 0 Å². The summed E-state index contributed by atoms with van der Waals surface area (Å²) in [6.07, 6.45) is 0.230. The molecule has 0 fully saturated rings. The van der Waals surface area contributed by atoms with Gasteiger partial charge in [0.1, 0.15) is 5.82 Å². The molecule has 0 saturated heterocycles. The maximum absolute atomic E-state index is 14.5. The summed E-state index contributed by atoms with van der Waals surface area (Å²) < 4.78 is 31.2. The van der Waals surface area contributed by atoms with Gasteiger partial charge in [-0.05, 0) is 46.2 Å². The van der Waals surface area contributed by atoms with Crippen molar-refractivity contribution < 1.29 is 23.4 Å². The molecule has 1 aliphatic heterocycles. The van der Waals surface area contributed by atoms with Crippen LogP contribution in [0.2, 0.25) is 0 Å². The minimum atomic E-state index is -0.325. The Balaban J connectivity index is 1.71. The minimum Gasteiger partial charge on any atom is -0.493 e. The van der Waals surface area contributed by atoms with E-state index in [1.807, 2.05) is 36.4 Å². The Morgan fingerprint density at radius 3 is 2.26 bits per heavy atom. The zero-order valence-electron chi connectivity index (χ0n) is 19.9. The molecule has 1 atom stereocenters. The Labute approximate surface area is 203 Å². The Morgan fingerprint density at radius 1 is 0.886 bits per heavy atom. The van der Waals surface area contributed by atoms with Crippen LogP contribution in [0.3, 0.4) is 0 Å². The number of amides is 1. The third-order valence-electron chi connectivity index (χ3n) is 6.64. The molecule has 4 aromatic rings. The zero-order valence-corrected chi connectivity index (χ0v) is 19.9. The summed E-state index contributed by atoms with van der Waals surface area (Å²) in [5.41, 5.74) is 3.16. The van der Waals surface area contributed by atoms with Gasteiger partial charge in [0.2, 0.25) is 11.7 Å². The molecule has 35 heavy (non-hydrogen) atoms. The quantitative estimate of drug-likeness (QED) is 0.342. The summed E-state index contributed by atoms with van der Waals surface area (Å²) in [4.78, 5) is 15.2. The maximum atomic E-state index is 14.5. The van der Waals surface area contributed by atoms with Crippen LogP contribution in [0, 0.1) is 5.82 Å². The molecule has 0 radical (unpaired) electrons. The highest BCUT2D eigenvalue weighted by Crippen LogP contribution is 2.48. The minimum absolute atomic E-state index is 0.0743. The Bertz CT molecular complexity index is 1390. The molecule has 0 aromatic heterocycles. The summed E-state index contributed by atoms with van der Waals surface area (Å²) in [7, 11) is 4.72. The molecule has 1 aliphatic rings. The van der Waals surface area contributed by atoms with Gasteiger partial charge in [-0.3, -0.25) is 4.79 Å². The van der Waals surface area contributed by atoms with Crippen LogP contribution in [0.4, 0.5) is 10.1 Å². The van der Waals surface area contributed by atoms with Gasteiger partial charge in [-0.1, -0.05) is 48.5 Å². The fourth-order valence-corrected chi connectivity index (χ4v) is 4.96. The average molecular weight is 472 g/mol. The molecule has 0 bridgehead atoms. The number of anilines is 1. The standard InChI is InChI=1S/C29H26FNO4/c1-33-25-14-20(15-26(34-2)29(25)35-3)22-16-27(32)31(17-19-9-5-7-11-23(19)30)24-13-12-18-8-4-6-10-21(18)28(22)24/h4-15,22H,16-17H2,1-3H3. The second kappa shape index (κ2) is 9.29. The van der Waals surface area contributed by atoms with Gasteiger partial charge in [-0.15, -0.1) is 0 Å². The molecule has 1 unspecified atom stereocenters. The Morgan fingerprint density at radius 2 is 1.57 bits per heavy atom. The smallest absolute Gasteiger partial charge is 0.228 e. The highest BCUT2D eigenvalue weighted by molar-refractivity contribution is 6.03. The van der Waals surface area contributed by atoms with Crippen molar-refractivity contribution in [2.45, 2.75) is 18.9 Å². The van der Waals surface area contributed by atoms with E-state index in [4.69, 9.17) is 14.2 Å². The van der Waals surface area contributed by atoms with E-state index in [1.54, 1.807) is 44.4 Å².